The Bertz CT molecular complexity index is 550. The molecule has 116 valence electrons. The van der Waals surface area contributed by atoms with Crippen molar-refractivity contribution in [1.82, 2.24) is 4.98 Å². The summed E-state index contributed by atoms with van der Waals surface area (Å²) in [6, 6.07) is 5.78. The predicted octanol–water partition coefficient (Wildman–Crippen LogP) is 3.69. The van der Waals surface area contributed by atoms with Crippen LogP contribution in [0.3, 0.4) is 0 Å². The van der Waals surface area contributed by atoms with E-state index in [0.717, 1.165) is 17.5 Å². The zero-order valence-corrected chi connectivity index (χ0v) is 13.0. The van der Waals surface area contributed by atoms with Crippen molar-refractivity contribution in [3.8, 4) is 0 Å². The van der Waals surface area contributed by atoms with E-state index in [4.69, 9.17) is 15.9 Å². The first-order chi connectivity index (χ1) is 10.3. The number of hydrogen-bond donors (Lipinski definition) is 2. The molecule has 0 saturated heterocycles. The molecule has 0 amide bonds. The van der Waals surface area contributed by atoms with Crippen LogP contribution < -0.4 is 11.5 Å². The third kappa shape index (κ3) is 4.29. The monoisotopic (exact) mass is 289 g/mol. The Hall–Kier alpha value is -1.39. The van der Waals surface area contributed by atoms with Crippen LogP contribution in [-0.4, -0.2) is 11.5 Å². The van der Waals surface area contributed by atoms with Gasteiger partial charge in [-0.1, -0.05) is 51.2 Å². The van der Waals surface area contributed by atoms with Gasteiger partial charge in [0.1, 0.15) is 5.52 Å². The van der Waals surface area contributed by atoms with E-state index >= 15 is 0 Å². The molecule has 4 nitrogen and oxygen atoms in total. The third-order valence-corrected chi connectivity index (χ3v) is 3.89. The zero-order valence-electron chi connectivity index (χ0n) is 13.0. The number of unbranched alkanes of at least 4 members (excludes halogenated alkanes) is 5. The normalized spacial score (nSPS) is 12.9. The van der Waals surface area contributed by atoms with E-state index in [1.807, 2.05) is 12.1 Å². The lowest BCUT2D eigenvalue weighted by Crippen LogP contribution is -2.20. The summed E-state index contributed by atoms with van der Waals surface area (Å²) in [4.78, 5) is 4.54. The number of para-hydroxylation sites is 1. The van der Waals surface area contributed by atoms with Gasteiger partial charge in [-0.2, -0.15) is 0 Å². The van der Waals surface area contributed by atoms with Crippen LogP contribution in [0.15, 0.2) is 22.6 Å². The Balaban J connectivity index is 1.97. The number of aromatic nitrogens is 1. The van der Waals surface area contributed by atoms with E-state index in [2.05, 4.69) is 18.0 Å². The molecule has 0 spiro atoms. The second-order valence-electron chi connectivity index (χ2n) is 5.68. The minimum absolute atomic E-state index is 0.320. The second kappa shape index (κ2) is 8.15. The summed E-state index contributed by atoms with van der Waals surface area (Å²) in [6.07, 6.45) is 8.85. The molecule has 0 aliphatic carbocycles. The number of benzene rings is 1. The Morgan fingerprint density at radius 2 is 1.90 bits per heavy atom. The quantitative estimate of drug-likeness (QED) is 0.690. The van der Waals surface area contributed by atoms with Gasteiger partial charge in [-0.25, -0.2) is 4.98 Å². The Morgan fingerprint density at radius 1 is 1.14 bits per heavy atom. The molecule has 1 heterocycles. The van der Waals surface area contributed by atoms with Crippen LogP contribution in [0.5, 0.6) is 0 Å². The van der Waals surface area contributed by atoms with Crippen LogP contribution in [0.1, 0.15) is 62.9 Å². The molecular weight excluding hydrogens is 262 g/mol. The molecule has 0 aliphatic heterocycles. The minimum atomic E-state index is -0.320. The predicted molar refractivity (Wildman–Crippen MR) is 87.1 cm³/mol. The van der Waals surface area contributed by atoms with Crippen molar-refractivity contribution in [2.45, 2.75) is 57.9 Å². The summed E-state index contributed by atoms with van der Waals surface area (Å²) in [5, 5.41) is 0. The van der Waals surface area contributed by atoms with Crippen molar-refractivity contribution in [2.24, 2.45) is 11.5 Å². The van der Waals surface area contributed by atoms with Gasteiger partial charge in [0.15, 0.2) is 5.58 Å². The van der Waals surface area contributed by atoms with Crippen molar-refractivity contribution < 1.29 is 4.42 Å². The highest BCUT2D eigenvalue weighted by Gasteiger charge is 2.14. The van der Waals surface area contributed by atoms with E-state index in [-0.39, 0.29) is 6.04 Å². The summed E-state index contributed by atoms with van der Waals surface area (Å²) >= 11 is 0. The maximum atomic E-state index is 5.90. The molecule has 2 aromatic rings. The van der Waals surface area contributed by atoms with Crippen LogP contribution in [0.25, 0.3) is 11.1 Å². The fourth-order valence-corrected chi connectivity index (χ4v) is 2.58. The zero-order chi connectivity index (χ0) is 15.1. The molecule has 2 rings (SSSR count). The number of rotatable bonds is 9. The first-order valence-corrected chi connectivity index (χ1v) is 8.10. The highest BCUT2D eigenvalue weighted by molar-refractivity contribution is 5.76. The van der Waals surface area contributed by atoms with Crippen molar-refractivity contribution in [3.05, 3.63) is 29.7 Å². The second-order valence-corrected chi connectivity index (χ2v) is 5.68. The molecule has 0 bridgehead atoms. The number of nitrogens with two attached hydrogens (primary N) is 2. The van der Waals surface area contributed by atoms with Crippen LogP contribution in [-0.2, 0) is 6.42 Å². The lowest BCUT2D eigenvalue weighted by Gasteiger charge is -2.02. The number of fused-ring (bicyclic) bond motifs is 1. The topological polar surface area (TPSA) is 78.1 Å². The van der Waals surface area contributed by atoms with Crippen molar-refractivity contribution in [1.29, 1.82) is 0 Å². The molecule has 1 atom stereocenters. The van der Waals surface area contributed by atoms with Gasteiger partial charge in [-0.05, 0) is 24.5 Å². The van der Waals surface area contributed by atoms with E-state index in [9.17, 15) is 0 Å². The average molecular weight is 289 g/mol. The van der Waals surface area contributed by atoms with Crippen LogP contribution in [0.4, 0.5) is 0 Å². The van der Waals surface area contributed by atoms with E-state index in [1.165, 1.54) is 44.1 Å². The number of oxazole rings is 1. The SMILES string of the molecule is CCCCCCCCc1cccc2oc(C(N)CN)nc12. The van der Waals surface area contributed by atoms with Gasteiger partial charge in [0, 0.05) is 6.54 Å². The van der Waals surface area contributed by atoms with E-state index in [1.54, 1.807) is 0 Å². The standard InChI is InChI=1S/C17H27N3O/c1-2-3-4-5-6-7-9-13-10-8-11-15-16(13)20-17(21-15)14(19)12-18/h8,10-11,14H,2-7,9,12,18-19H2,1H3. The lowest BCUT2D eigenvalue weighted by molar-refractivity contribution is 0.480. The van der Waals surface area contributed by atoms with Crippen molar-refractivity contribution in [3.63, 3.8) is 0 Å². The molecule has 0 fully saturated rings. The van der Waals surface area contributed by atoms with Gasteiger partial charge >= 0.3 is 0 Å². The third-order valence-electron chi connectivity index (χ3n) is 3.89. The van der Waals surface area contributed by atoms with Gasteiger partial charge in [-0.15, -0.1) is 0 Å². The lowest BCUT2D eigenvalue weighted by atomic mass is 10.0. The molecule has 4 N–H and O–H groups in total. The number of nitrogens with zero attached hydrogens (tertiary/aromatic N) is 1. The van der Waals surface area contributed by atoms with Crippen LogP contribution in [0, 0.1) is 0 Å². The van der Waals surface area contributed by atoms with Gasteiger partial charge < -0.3 is 15.9 Å². The van der Waals surface area contributed by atoms with E-state index in [0.29, 0.717) is 12.4 Å². The first-order valence-electron chi connectivity index (χ1n) is 8.10. The Morgan fingerprint density at radius 3 is 2.67 bits per heavy atom. The highest BCUT2D eigenvalue weighted by Crippen LogP contribution is 2.23. The van der Waals surface area contributed by atoms with E-state index < -0.39 is 0 Å². The number of hydrogen-bond acceptors (Lipinski definition) is 4. The molecule has 1 unspecified atom stereocenters. The molecule has 21 heavy (non-hydrogen) atoms. The fourth-order valence-electron chi connectivity index (χ4n) is 2.58. The van der Waals surface area contributed by atoms with Gasteiger partial charge in [0.2, 0.25) is 5.89 Å². The fraction of sp³-hybridized carbons (Fsp3) is 0.588. The van der Waals surface area contributed by atoms with Gasteiger partial charge in [0.05, 0.1) is 6.04 Å². The molecule has 0 aliphatic rings. The minimum Gasteiger partial charge on any atom is -0.439 e. The summed E-state index contributed by atoms with van der Waals surface area (Å²) < 4.78 is 5.70. The maximum Gasteiger partial charge on any atom is 0.213 e. The number of aryl methyl sites for hydroxylation is 1. The average Bonchev–Trinajstić information content (AvgIpc) is 2.94. The molecule has 1 aromatic heterocycles. The summed E-state index contributed by atoms with van der Waals surface area (Å²) in [7, 11) is 0. The summed E-state index contributed by atoms with van der Waals surface area (Å²) in [6.45, 7) is 2.59. The molecule has 0 radical (unpaired) electrons. The molecule has 0 saturated carbocycles. The molecule has 4 heteroatoms. The van der Waals surface area contributed by atoms with Crippen LogP contribution >= 0.6 is 0 Å². The van der Waals surface area contributed by atoms with Gasteiger partial charge in [0.25, 0.3) is 0 Å². The van der Waals surface area contributed by atoms with Crippen molar-refractivity contribution >= 4 is 11.1 Å². The Labute approximate surface area is 126 Å². The summed E-state index contributed by atoms with van der Waals surface area (Å²) in [5.74, 6) is 0.544. The van der Waals surface area contributed by atoms with Gasteiger partial charge in [-0.3, -0.25) is 0 Å². The largest absolute Gasteiger partial charge is 0.439 e. The highest BCUT2D eigenvalue weighted by atomic mass is 16.3. The maximum absolute atomic E-state index is 5.90. The van der Waals surface area contributed by atoms with Crippen molar-refractivity contribution in [2.75, 3.05) is 6.54 Å². The first kappa shape index (κ1) is 16.0. The summed E-state index contributed by atoms with van der Waals surface area (Å²) in [5.41, 5.74) is 14.5. The molecular formula is C17H27N3O. The molecule has 1 aromatic carbocycles. The smallest absolute Gasteiger partial charge is 0.213 e. The van der Waals surface area contributed by atoms with Crippen LogP contribution in [0.2, 0.25) is 0 Å². The Kier molecular flexibility index (Phi) is 6.21.